The van der Waals surface area contributed by atoms with Gasteiger partial charge in [0.25, 0.3) is 0 Å². The van der Waals surface area contributed by atoms with Crippen molar-refractivity contribution in [3.63, 3.8) is 0 Å². The fourth-order valence-corrected chi connectivity index (χ4v) is 3.72. The van der Waals surface area contributed by atoms with Crippen molar-refractivity contribution in [3.05, 3.63) is 45.9 Å². The van der Waals surface area contributed by atoms with Crippen LogP contribution >= 0.6 is 27.3 Å². The molecule has 0 aliphatic carbocycles. The van der Waals surface area contributed by atoms with Gasteiger partial charge in [-0.1, -0.05) is 0 Å². The molecule has 0 saturated heterocycles. The molecule has 0 aliphatic heterocycles. The summed E-state index contributed by atoms with van der Waals surface area (Å²) in [5, 5.41) is 2.99. The average Bonchev–Trinajstić information content (AvgIpc) is 3.16. The van der Waals surface area contributed by atoms with E-state index >= 15 is 0 Å². The molecule has 0 amide bonds. The number of pyridine rings is 1. The van der Waals surface area contributed by atoms with E-state index in [1.54, 1.807) is 23.6 Å². The summed E-state index contributed by atoms with van der Waals surface area (Å²) in [5.74, 6) is 0.387. The zero-order chi connectivity index (χ0) is 16.0. The highest BCUT2D eigenvalue weighted by Gasteiger charge is 2.14. The molecule has 3 aromatic heterocycles. The molecule has 0 bridgehead atoms. The van der Waals surface area contributed by atoms with Crippen molar-refractivity contribution in [3.8, 4) is 11.4 Å². The van der Waals surface area contributed by atoms with Gasteiger partial charge in [0.1, 0.15) is 5.82 Å². The molecular formula is C16H10BrN3O2S. The largest absolute Gasteiger partial charge is 0.465 e. The minimum absolute atomic E-state index is 0.348. The number of nitrogens with one attached hydrogen (secondary N) is 1. The molecule has 114 valence electrons. The first-order chi connectivity index (χ1) is 11.2. The molecular weight excluding hydrogens is 378 g/mol. The highest BCUT2D eigenvalue weighted by Crippen LogP contribution is 2.34. The van der Waals surface area contributed by atoms with Gasteiger partial charge in [0.05, 0.1) is 18.2 Å². The molecule has 1 aromatic carbocycles. The Hall–Kier alpha value is -2.25. The van der Waals surface area contributed by atoms with E-state index in [-0.39, 0.29) is 5.97 Å². The van der Waals surface area contributed by atoms with Gasteiger partial charge in [-0.2, -0.15) is 0 Å². The Morgan fingerprint density at radius 1 is 1.35 bits per heavy atom. The molecule has 1 N–H and O–H groups in total. The van der Waals surface area contributed by atoms with Crippen LogP contribution < -0.4 is 0 Å². The summed E-state index contributed by atoms with van der Waals surface area (Å²) in [7, 11) is 1.38. The number of imidazole rings is 1. The maximum atomic E-state index is 11.7. The third-order valence-corrected chi connectivity index (χ3v) is 4.95. The predicted molar refractivity (Wildman–Crippen MR) is 93.7 cm³/mol. The maximum absolute atomic E-state index is 11.7. The predicted octanol–water partition coefficient (Wildman–Crippen LogP) is 4.39. The van der Waals surface area contributed by atoms with Crippen LogP contribution in [-0.2, 0) is 4.74 Å². The van der Waals surface area contributed by atoms with E-state index in [1.807, 2.05) is 23.6 Å². The van der Waals surface area contributed by atoms with E-state index in [2.05, 4.69) is 30.9 Å². The van der Waals surface area contributed by atoms with Crippen molar-refractivity contribution >= 4 is 54.5 Å². The second kappa shape index (κ2) is 5.43. The summed E-state index contributed by atoms with van der Waals surface area (Å²) >= 11 is 5.01. The third-order valence-electron chi connectivity index (χ3n) is 3.55. The maximum Gasteiger partial charge on any atom is 0.337 e. The number of halogens is 1. The van der Waals surface area contributed by atoms with Crippen molar-refractivity contribution in [2.75, 3.05) is 7.11 Å². The summed E-state index contributed by atoms with van der Waals surface area (Å²) in [4.78, 5) is 23.9. The number of H-pyrrole nitrogens is 1. The number of methoxy groups -OCH3 is 1. The second-order valence-electron chi connectivity index (χ2n) is 4.96. The number of carbonyl (C=O) groups excluding carboxylic acids is 1. The highest BCUT2D eigenvalue weighted by atomic mass is 79.9. The number of aromatic amines is 1. The number of rotatable bonds is 2. The van der Waals surface area contributed by atoms with Gasteiger partial charge < -0.3 is 9.72 Å². The lowest BCUT2D eigenvalue weighted by Crippen LogP contribution is -2.00. The first-order valence-electron chi connectivity index (χ1n) is 6.77. The Morgan fingerprint density at radius 3 is 3.04 bits per heavy atom. The molecule has 0 atom stereocenters. The van der Waals surface area contributed by atoms with Crippen LogP contribution in [0, 0.1) is 0 Å². The summed E-state index contributed by atoms with van der Waals surface area (Å²) in [6.45, 7) is 0. The highest BCUT2D eigenvalue weighted by molar-refractivity contribution is 9.10. The topological polar surface area (TPSA) is 67.9 Å². The minimum Gasteiger partial charge on any atom is -0.465 e. The Balaban J connectivity index is 1.91. The van der Waals surface area contributed by atoms with Gasteiger partial charge in [-0.15, -0.1) is 11.3 Å². The molecule has 3 heterocycles. The van der Waals surface area contributed by atoms with Crippen LogP contribution in [-0.4, -0.2) is 28.0 Å². The minimum atomic E-state index is -0.348. The van der Waals surface area contributed by atoms with Gasteiger partial charge in [0, 0.05) is 31.7 Å². The number of nitrogens with zero attached hydrogens (tertiary/aromatic N) is 2. The number of ether oxygens (including phenoxy) is 1. The monoisotopic (exact) mass is 387 g/mol. The van der Waals surface area contributed by atoms with Gasteiger partial charge in [-0.3, -0.25) is 0 Å². The third kappa shape index (κ3) is 2.42. The van der Waals surface area contributed by atoms with E-state index in [0.29, 0.717) is 11.2 Å². The van der Waals surface area contributed by atoms with E-state index in [9.17, 15) is 4.79 Å². The lowest BCUT2D eigenvalue weighted by molar-refractivity contribution is 0.0601. The SMILES string of the molecule is COC(=O)c1ccc2scc(-c3nc4ncc(Br)cc4[nH]3)c2c1. The molecule has 0 fully saturated rings. The number of fused-ring (bicyclic) bond motifs is 2. The van der Waals surface area contributed by atoms with Crippen LogP contribution in [0.3, 0.4) is 0 Å². The number of hydrogen-bond donors (Lipinski definition) is 1. The van der Waals surface area contributed by atoms with Crippen molar-refractivity contribution in [2.45, 2.75) is 0 Å². The van der Waals surface area contributed by atoms with E-state index in [0.717, 1.165) is 31.5 Å². The number of thiophene rings is 1. The summed E-state index contributed by atoms with van der Waals surface area (Å²) in [6, 6.07) is 7.47. The second-order valence-corrected chi connectivity index (χ2v) is 6.79. The summed E-state index contributed by atoms with van der Waals surface area (Å²) in [6.07, 6.45) is 1.72. The van der Waals surface area contributed by atoms with Crippen molar-refractivity contribution < 1.29 is 9.53 Å². The van der Waals surface area contributed by atoms with Crippen LogP contribution in [0.1, 0.15) is 10.4 Å². The van der Waals surface area contributed by atoms with Gasteiger partial charge in [0.15, 0.2) is 5.65 Å². The molecule has 0 aliphatic rings. The zero-order valence-electron chi connectivity index (χ0n) is 12.0. The number of aromatic nitrogens is 3. The molecule has 7 heteroatoms. The molecule has 0 radical (unpaired) electrons. The molecule has 0 spiro atoms. The van der Waals surface area contributed by atoms with E-state index in [4.69, 9.17) is 4.74 Å². The Kier molecular flexibility index (Phi) is 3.39. The normalized spacial score (nSPS) is 11.2. The lowest BCUT2D eigenvalue weighted by atomic mass is 10.1. The van der Waals surface area contributed by atoms with Crippen LogP contribution in [0.5, 0.6) is 0 Å². The molecule has 4 aromatic rings. The van der Waals surface area contributed by atoms with Crippen LogP contribution in [0.15, 0.2) is 40.3 Å². The molecule has 0 unspecified atom stereocenters. The van der Waals surface area contributed by atoms with Gasteiger partial charge in [-0.05, 0) is 40.2 Å². The number of hydrogen-bond acceptors (Lipinski definition) is 5. The summed E-state index contributed by atoms with van der Waals surface area (Å²) in [5.41, 5.74) is 2.99. The Labute approximate surface area is 143 Å². The molecule has 0 saturated carbocycles. The summed E-state index contributed by atoms with van der Waals surface area (Å²) < 4.78 is 6.77. The van der Waals surface area contributed by atoms with Crippen LogP contribution in [0.4, 0.5) is 0 Å². The van der Waals surface area contributed by atoms with Gasteiger partial charge in [-0.25, -0.2) is 14.8 Å². The Morgan fingerprint density at radius 2 is 2.22 bits per heavy atom. The molecule has 23 heavy (non-hydrogen) atoms. The number of benzene rings is 1. The van der Waals surface area contributed by atoms with E-state index in [1.165, 1.54) is 7.11 Å². The van der Waals surface area contributed by atoms with Crippen molar-refractivity contribution in [2.24, 2.45) is 0 Å². The standard InChI is InChI=1S/C16H10BrN3O2S/c1-22-16(21)8-2-3-13-10(4-8)11(7-23-13)14-19-12-5-9(17)6-18-15(12)20-14/h2-7H,1H3,(H,18,19,20). The van der Waals surface area contributed by atoms with E-state index < -0.39 is 0 Å². The van der Waals surface area contributed by atoms with Crippen molar-refractivity contribution in [1.29, 1.82) is 0 Å². The van der Waals surface area contributed by atoms with Gasteiger partial charge in [0.2, 0.25) is 0 Å². The molecule has 5 nitrogen and oxygen atoms in total. The fourth-order valence-electron chi connectivity index (χ4n) is 2.46. The first-order valence-corrected chi connectivity index (χ1v) is 8.44. The smallest absolute Gasteiger partial charge is 0.337 e. The lowest BCUT2D eigenvalue weighted by Gasteiger charge is -2.00. The zero-order valence-corrected chi connectivity index (χ0v) is 14.4. The van der Waals surface area contributed by atoms with Crippen LogP contribution in [0.25, 0.3) is 32.6 Å². The Bertz CT molecular complexity index is 1050. The number of esters is 1. The van der Waals surface area contributed by atoms with Crippen molar-refractivity contribution in [1.82, 2.24) is 15.0 Å². The van der Waals surface area contributed by atoms with Gasteiger partial charge >= 0.3 is 5.97 Å². The quantitative estimate of drug-likeness (QED) is 0.518. The fraction of sp³-hybridized carbons (Fsp3) is 0.0625. The molecule has 4 rings (SSSR count). The first kappa shape index (κ1) is 14.3. The average molecular weight is 388 g/mol. The van der Waals surface area contributed by atoms with Crippen LogP contribution in [0.2, 0.25) is 0 Å². The number of carbonyl (C=O) groups is 1.